The zero-order chi connectivity index (χ0) is 14.6. The molecule has 0 aliphatic carbocycles. The second kappa shape index (κ2) is 11.3. The van der Waals surface area contributed by atoms with E-state index in [2.05, 4.69) is 33.7 Å². The molecule has 1 heterocycles. The van der Waals surface area contributed by atoms with Crippen LogP contribution >= 0.6 is 11.8 Å². The topological polar surface area (TPSA) is 39.7 Å². The monoisotopic (exact) mass is 300 g/mol. The Kier molecular flexibility index (Phi) is 9.93. The molecule has 1 rings (SSSR count). The lowest BCUT2D eigenvalue weighted by Crippen LogP contribution is -2.39. The number of thioether (sulfide) groups is 1. The quantitative estimate of drug-likeness (QED) is 0.409. The number of hydrogen-bond acceptors (Lipinski definition) is 3. The number of likely N-dealkylation sites (tertiary alicyclic amines) is 1. The van der Waals surface area contributed by atoms with Gasteiger partial charge < -0.3 is 15.5 Å². The third-order valence-corrected chi connectivity index (χ3v) is 4.37. The van der Waals surface area contributed by atoms with Crippen LogP contribution in [0.3, 0.4) is 0 Å². The van der Waals surface area contributed by atoms with Crippen LogP contribution in [0.4, 0.5) is 0 Å². The van der Waals surface area contributed by atoms with Crippen LogP contribution in [0.2, 0.25) is 0 Å². The summed E-state index contributed by atoms with van der Waals surface area (Å²) in [5.41, 5.74) is 0. The third-order valence-electron chi connectivity index (χ3n) is 3.76. The molecule has 1 saturated heterocycles. The number of nitrogens with zero attached hydrogens (tertiary/aromatic N) is 2. The molecule has 2 N–H and O–H groups in total. The number of rotatable bonds is 8. The van der Waals surface area contributed by atoms with Gasteiger partial charge in [-0.05, 0) is 50.9 Å². The fourth-order valence-electron chi connectivity index (χ4n) is 2.65. The van der Waals surface area contributed by atoms with E-state index in [1.165, 1.54) is 45.3 Å². The molecule has 118 valence electrons. The Morgan fingerprint density at radius 1 is 1.30 bits per heavy atom. The number of hydrogen-bond donors (Lipinski definition) is 2. The van der Waals surface area contributed by atoms with Gasteiger partial charge in [0.05, 0.1) is 0 Å². The van der Waals surface area contributed by atoms with Crippen molar-refractivity contribution in [2.75, 3.05) is 51.8 Å². The van der Waals surface area contributed by atoms with Crippen LogP contribution in [0.5, 0.6) is 0 Å². The molecule has 5 heteroatoms. The van der Waals surface area contributed by atoms with Crippen LogP contribution in [0.25, 0.3) is 0 Å². The van der Waals surface area contributed by atoms with Crippen LogP contribution < -0.4 is 10.6 Å². The summed E-state index contributed by atoms with van der Waals surface area (Å²) in [6.45, 7) is 8.22. The van der Waals surface area contributed by atoms with Gasteiger partial charge in [-0.1, -0.05) is 6.92 Å². The van der Waals surface area contributed by atoms with Gasteiger partial charge in [0.2, 0.25) is 0 Å². The molecule has 1 fully saturated rings. The summed E-state index contributed by atoms with van der Waals surface area (Å²) in [4.78, 5) is 6.86. The van der Waals surface area contributed by atoms with Crippen LogP contribution in [-0.4, -0.2) is 62.6 Å². The molecule has 1 unspecified atom stereocenters. The number of aliphatic imine (C=N–C) groups is 1. The van der Waals surface area contributed by atoms with Gasteiger partial charge in [0.25, 0.3) is 0 Å². The molecule has 0 aromatic heterocycles. The zero-order valence-electron chi connectivity index (χ0n) is 13.5. The Bertz CT molecular complexity index is 271. The molecule has 0 aromatic rings. The molecule has 0 radical (unpaired) electrons. The van der Waals surface area contributed by atoms with Crippen molar-refractivity contribution in [3.05, 3.63) is 0 Å². The lowest BCUT2D eigenvalue weighted by Gasteiger charge is -2.30. The van der Waals surface area contributed by atoms with E-state index >= 15 is 0 Å². The molecular weight excluding hydrogens is 268 g/mol. The Hall–Kier alpha value is -0.420. The average Bonchev–Trinajstić information content (AvgIpc) is 2.45. The first-order valence-electron chi connectivity index (χ1n) is 7.92. The molecule has 0 bridgehead atoms. The summed E-state index contributed by atoms with van der Waals surface area (Å²) in [7, 11) is 1.84. The Balaban J connectivity index is 2.00. The van der Waals surface area contributed by atoms with E-state index in [0.29, 0.717) is 0 Å². The maximum atomic E-state index is 4.23. The Morgan fingerprint density at radius 2 is 2.10 bits per heavy atom. The van der Waals surface area contributed by atoms with Crippen molar-refractivity contribution in [1.29, 1.82) is 0 Å². The summed E-state index contributed by atoms with van der Waals surface area (Å²) in [5.74, 6) is 2.94. The summed E-state index contributed by atoms with van der Waals surface area (Å²) in [6.07, 6.45) is 7.41. The molecule has 1 atom stereocenters. The smallest absolute Gasteiger partial charge is 0.191 e. The van der Waals surface area contributed by atoms with Crippen molar-refractivity contribution in [3.8, 4) is 0 Å². The van der Waals surface area contributed by atoms with Crippen molar-refractivity contribution >= 4 is 17.7 Å². The Morgan fingerprint density at radius 3 is 2.80 bits per heavy atom. The highest BCUT2D eigenvalue weighted by atomic mass is 32.2. The van der Waals surface area contributed by atoms with Gasteiger partial charge in [-0.15, -0.1) is 0 Å². The van der Waals surface area contributed by atoms with Crippen LogP contribution in [-0.2, 0) is 0 Å². The van der Waals surface area contributed by atoms with Gasteiger partial charge in [0, 0.05) is 32.4 Å². The van der Waals surface area contributed by atoms with Crippen LogP contribution in [0, 0.1) is 5.92 Å². The standard InChI is InChI=1S/C15H32N4S/c1-14-7-6-11-19(13-14)10-5-4-8-17-15(16-2)18-9-12-20-3/h14H,4-13H2,1-3H3,(H2,16,17,18). The van der Waals surface area contributed by atoms with E-state index in [4.69, 9.17) is 0 Å². The molecule has 20 heavy (non-hydrogen) atoms. The Labute approximate surface area is 129 Å². The highest BCUT2D eigenvalue weighted by Gasteiger charge is 2.15. The van der Waals surface area contributed by atoms with Gasteiger partial charge in [0.1, 0.15) is 0 Å². The first kappa shape index (κ1) is 17.6. The van der Waals surface area contributed by atoms with Crippen molar-refractivity contribution in [1.82, 2.24) is 15.5 Å². The predicted octanol–water partition coefficient (Wildman–Crippen LogP) is 2.03. The first-order valence-corrected chi connectivity index (χ1v) is 9.31. The molecular formula is C15H32N4S. The lowest BCUT2D eigenvalue weighted by molar-refractivity contribution is 0.181. The van der Waals surface area contributed by atoms with E-state index in [1.807, 2.05) is 18.8 Å². The van der Waals surface area contributed by atoms with Gasteiger partial charge in [-0.2, -0.15) is 11.8 Å². The summed E-state index contributed by atoms with van der Waals surface area (Å²) in [6, 6.07) is 0. The van der Waals surface area contributed by atoms with Crippen molar-refractivity contribution in [3.63, 3.8) is 0 Å². The summed E-state index contributed by atoms with van der Waals surface area (Å²) >= 11 is 1.85. The van der Waals surface area contributed by atoms with E-state index in [9.17, 15) is 0 Å². The highest BCUT2D eigenvalue weighted by Crippen LogP contribution is 2.15. The largest absolute Gasteiger partial charge is 0.356 e. The fourth-order valence-corrected chi connectivity index (χ4v) is 2.96. The molecule has 0 amide bonds. The SMILES string of the molecule is CN=C(NCCCCN1CCCC(C)C1)NCCSC. The zero-order valence-corrected chi connectivity index (χ0v) is 14.3. The number of guanidine groups is 1. The maximum absolute atomic E-state index is 4.23. The minimum absolute atomic E-state index is 0.890. The van der Waals surface area contributed by atoms with E-state index in [0.717, 1.165) is 30.7 Å². The number of nitrogens with one attached hydrogen (secondary N) is 2. The van der Waals surface area contributed by atoms with Gasteiger partial charge >= 0.3 is 0 Å². The third kappa shape index (κ3) is 8.00. The van der Waals surface area contributed by atoms with Gasteiger partial charge in [0.15, 0.2) is 5.96 Å². The van der Waals surface area contributed by atoms with Crippen molar-refractivity contribution in [2.45, 2.75) is 32.6 Å². The number of piperidine rings is 1. The minimum atomic E-state index is 0.890. The number of unbranched alkanes of at least 4 members (excludes halogenated alkanes) is 1. The summed E-state index contributed by atoms with van der Waals surface area (Å²) in [5, 5.41) is 6.71. The second-order valence-corrected chi connectivity index (χ2v) is 6.66. The lowest BCUT2D eigenvalue weighted by atomic mass is 10.0. The van der Waals surface area contributed by atoms with Crippen molar-refractivity contribution in [2.24, 2.45) is 10.9 Å². The molecule has 4 nitrogen and oxygen atoms in total. The second-order valence-electron chi connectivity index (χ2n) is 5.67. The predicted molar refractivity (Wildman–Crippen MR) is 91.8 cm³/mol. The minimum Gasteiger partial charge on any atom is -0.356 e. The molecule has 1 aliphatic rings. The van der Waals surface area contributed by atoms with Gasteiger partial charge in [-0.25, -0.2) is 0 Å². The summed E-state index contributed by atoms with van der Waals surface area (Å²) < 4.78 is 0. The van der Waals surface area contributed by atoms with Crippen LogP contribution in [0.15, 0.2) is 4.99 Å². The molecule has 1 aliphatic heterocycles. The average molecular weight is 301 g/mol. The van der Waals surface area contributed by atoms with E-state index in [1.54, 1.807) is 0 Å². The molecule has 0 spiro atoms. The first-order chi connectivity index (χ1) is 9.76. The van der Waals surface area contributed by atoms with Crippen LogP contribution in [0.1, 0.15) is 32.6 Å². The molecule has 0 saturated carbocycles. The van der Waals surface area contributed by atoms with Gasteiger partial charge in [-0.3, -0.25) is 4.99 Å². The van der Waals surface area contributed by atoms with E-state index in [-0.39, 0.29) is 0 Å². The fraction of sp³-hybridized carbons (Fsp3) is 0.933. The normalized spacial score (nSPS) is 20.9. The maximum Gasteiger partial charge on any atom is 0.191 e. The molecule has 0 aromatic carbocycles. The highest BCUT2D eigenvalue weighted by molar-refractivity contribution is 7.98. The van der Waals surface area contributed by atoms with Crippen molar-refractivity contribution < 1.29 is 0 Å². The van der Waals surface area contributed by atoms with E-state index < -0.39 is 0 Å².